The molecule has 0 radical (unpaired) electrons. The van der Waals surface area contributed by atoms with E-state index in [9.17, 15) is 0 Å². The van der Waals surface area contributed by atoms with Crippen molar-refractivity contribution in [1.29, 1.82) is 0 Å². The molecule has 0 unspecified atom stereocenters. The van der Waals surface area contributed by atoms with Crippen LogP contribution in [0.1, 0.15) is 13.3 Å². The smallest absolute Gasteiger partial charge is 0.192 e. The van der Waals surface area contributed by atoms with E-state index in [4.69, 9.17) is 6.42 Å². The molecule has 5 heteroatoms. The van der Waals surface area contributed by atoms with E-state index in [1.54, 1.807) is 0 Å². The number of guanidine groups is 1. The summed E-state index contributed by atoms with van der Waals surface area (Å²) >= 11 is 0. The van der Waals surface area contributed by atoms with Gasteiger partial charge in [-0.15, -0.1) is 6.42 Å². The number of rotatable bonds is 7. The summed E-state index contributed by atoms with van der Waals surface area (Å²) in [6, 6.07) is 10.7. The lowest BCUT2D eigenvalue weighted by Gasteiger charge is -2.36. The number of aliphatic imine (C=N–C) groups is 1. The van der Waals surface area contributed by atoms with Crippen molar-refractivity contribution in [3.8, 4) is 12.3 Å². The zero-order valence-corrected chi connectivity index (χ0v) is 14.7. The van der Waals surface area contributed by atoms with Crippen LogP contribution in [0.4, 0.5) is 5.69 Å². The summed E-state index contributed by atoms with van der Waals surface area (Å²) in [6.45, 7) is 9.76. The molecule has 0 aromatic heterocycles. The number of nitrogens with one attached hydrogen (secondary N) is 2. The highest BCUT2D eigenvalue weighted by Crippen LogP contribution is 2.15. The average molecular weight is 327 g/mol. The van der Waals surface area contributed by atoms with E-state index in [2.05, 4.69) is 68.6 Å². The van der Waals surface area contributed by atoms with Gasteiger partial charge in [0.15, 0.2) is 5.96 Å². The standard InChI is InChI=1S/C19H29N5/c1-3-11-21-19(20-4-2)22-12-8-13-23-14-16-24(17-15-23)18-9-6-5-7-10-18/h1,5-7,9-10H,4,8,11-17H2,2H3,(H2,20,21,22). The number of anilines is 1. The first-order valence-electron chi connectivity index (χ1n) is 8.81. The Morgan fingerprint density at radius 3 is 2.58 bits per heavy atom. The molecule has 1 aromatic carbocycles. The summed E-state index contributed by atoms with van der Waals surface area (Å²) in [5.41, 5.74) is 1.33. The van der Waals surface area contributed by atoms with E-state index in [1.165, 1.54) is 5.69 Å². The summed E-state index contributed by atoms with van der Waals surface area (Å²) < 4.78 is 0. The molecule has 1 aliphatic rings. The summed E-state index contributed by atoms with van der Waals surface area (Å²) in [4.78, 5) is 9.54. The SMILES string of the molecule is C#CCNC(=NCCCN1CCN(c2ccccc2)CC1)NCC. The van der Waals surface area contributed by atoms with E-state index in [0.29, 0.717) is 6.54 Å². The molecule has 0 aliphatic carbocycles. The third-order valence-electron chi connectivity index (χ3n) is 4.10. The summed E-state index contributed by atoms with van der Waals surface area (Å²) in [5, 5.41) is 6.32. The molecule has 5 nitrogen and oxygen atoms in total. The molecule has 0 saturated carbocycles. The molecule has 130 valence electrons. The Labute approximate surface area is 146 Å². The highest BCUT2D eigenvalue weighted by Gasteiger charge is 2.16. The van der Waals surface area contributed by atoms with E-state index in [1.807, 2.05) is 0 Å². The van der Waals surface area contributed by atoms with Crippen LogP contribution in [0.15, 0.2) is 35.3 Å². The van der Waals surface area contributed by atoms with E-state index < -0.39 is 0 Å². The average Bonchev–Trinajstić information content (AvgIpc) is 2.64. The molecular formula is C19H29N5. The number of benzene rings is 1. The van der Waals surface area contributed by atoms with Crippen LogP contribution < -0.4 is 15.5 Å². The largest absolute Gasteiger partial charge is 0.369 e. The van der Waals surface area contributed by atoms with Gasteiger partial charge in [0.25, 0.3) is 0 Å². The molecular weight excluding hydrogens is 298 g/mol. The Bertz CT molecular complexity index is 526. The topological polar surface area (TPSA) is 42.9 Å². The summed E-state index contributed by atoms with van der Waals surface area (Å²) in [7, 11) is 0. The first-order chi connectivity index (χ1) is 11.8. The second kappa shape index (κ2) is 10.6. The van der Waals surface area contributed by atoms with E-state index in [-0.39, 0.29) is 0 Å². The van der Waals surface area contributed by atoms with E-state index in [0.717, 1.165) is 58.2 Å². The van der Waals surface area contributed by atoms with Crippen LogP contribution in [-0.4, -0.2) is 63.2 Å². The maximum Gasteiger partial charge on any atom is 0.192 e. The fourth-order valence-corrected chi connectivity index (χ4v) is 2.83. The number of hydrogen-bond donors (Lipinski definition) is 2. The number of terminal acetylenes is 1. The lowest BCUT2D eigenvalue weighted by Crippen LogP contribution is -2.46. The van der Waals surface area contributed by atoms with Crippen molar-refractivity contribution in [2.45, 2.75) is 13.3 Å². The lowest BCUT2D eigenvalue weighted by molar-refractivity contribution is 0.256. The predicted octanol–water partition coefficient (Wildman–Crippen LogP) is 1.39. The molecule has 2 rings (SSSR count). The van der Waals surface area contributed by atoms with Gasteiger partial charge in [0.2, 0.25) is 0 Å². The molecule has 0 spiro atoms. The zero-order valence-electron chi connectivity index (χ0n) is 14.7. The van der Waals surface area contributed by atoms with Gasteiger partial charge in [-0.05, 0) is 25.5 Å². The number of piperazine rings is 1. The minimum absolute atomic E-state index is 0.507. The first kappa shape index (κ1) is 18.2. The second-order valence-corrected chi connectivity index (χ2v) is 5.84. The van der Waals surface area contributed by atoms with Crippen LogP contribution in [0.3, 0.4) is 0 Å². The van der Waals surface area contributed by atoms with Crippen LogP contribution in [0.5, 0.6) is 0 Å². The molecule has 24 heavy (non-hydrogen) atoms. The Morgan fingerprint density at radius 2 is 1.92 bits per heavy atom. The van der Waals surface area contributed by atoms with Gasteiger partial charge in [0.05, 0.1) is 6.54 Å². The van der Waals surface area contributed by atoms with Crippen LogP contribution in [0, 0.1) is 12.3 Å². The molecule has 1 saturated heterocycles. The molecule has 1 aromatic rings. The Kier molecular flexibility index (Phi) is 7.99. The van der Waals surface area contributed by atoms with Crippen molar-refractivity contribution >= 4 is 11.6 Å². The molecule has 1 heterocycles. The Hall–Kier alpha value is -2.19. The maximum absolute atomic E-state index is 5.27. The Balaban J connectivity index is 1.66. The van der Waals surface area contributed by atoms with Gasteiger partial charge < -0.3 is 15.5 Å². The van der Waals surface area contributed by atoms with Gasteiger partial charge in [-0.1, -0.05) is 24.1 Å². The van der Waals surface area contributed by atoms with Gasteiger partial charge in [0, 0.05) is 51.5 Å². The fourth-order valence-electron chi connectivity index (χ4n) is 2.83. The maximum atomic E-state index is 5.27. The van der Waals surface area contributed by atoms with Crippen molar-refractivity contribution in [1.82, 2.24) is 15.5 Å². The highest BCUT2D eigenvalue weighted by atomic mass is 15.3. The summed E-state index contributed by atoms with van der Waals surface area (Å²) in [5.74, 6) is 3.38. The van der Waals surface area contributed by atoms with Gasteiger partial charge in [-0.3, -0.25) is 9.89 Å². The van der Waals surface area contributed by atoms with Crippen LogP contribution >= 0.6 is 0 Å². The molecule has 0 bridgehead atoms. The van der Waals surface area contributed by atoms with E-state index >= 15 is 0 Å². The predicted molar refractivity (Wildman–Crippen MR) is 103 cm³/mol. The molecule has 0 atom stereocenters. The highest BCUT2D eigenvalue weighted by molar-refractivity contribution is 5.79. The molecule has 0 amide bonds. The number of hydrogen-bond acceptors (Lipinski definition) is 3. The van der Waals surface area contributed by atoms with Crippen LogP contribution in [0.25, 0.3) is 0 Å². The van der Waals surface area contributed by atoms with Crippen molar-refractivity contribution in [3.63, 3.8) is 0 Å². The third-order valence-corrected chi connectivity index (χ3v) is 4.10. The van der Waals surface area contributed by atoms with Gasteiger partial charge in [-0.25, -0.2) is 0 Å². The lowest BCUT2D eigenvalue weighted by atomic mass is 10.2. The first-order valence-corrected chi connectivity index (χ1v) is 8.81. The van der Waals surface area contributed by atoms with Crippen molar-refractivity contribution in [2.24, 2.45) is 4.99 Å². The van der Waals surface area contributed by atoms with Gasteiger partial charge >= 0.3 is 0 Å². The monoisotopic (exact) mass is 327 g/mol. The second-order valence-electron chi connectivity index (χ2n) is 5.84. The number of nitrogens with zero attached hydrogens (tertiary/aromatic N) is 3. The minimum Gasteiger partial charge on any atom is -0.369 e. The summed E-state index contributed by atoms with van der Waals surface area (Å²) in [6.07, 6.45) is 6.34. The normalized spacial score (nSPS) is 15.8. The van der Waals surface area contributed by atoms with Crippen molar-refractivity contribution < 1.29 is 0 Å². The van der Waals surface area contributed by atoms with Crippen LogP contribution in [0.2, 0.25) is 0 Å². The fraction of sp³-hybridized carbons (Fsp3) is 0.526. The van der Waals surface area contributed by atoms with Crippen molar-refractivity contribution in [3.05, 3.63) is 30.3 Å². The number of para-hydroxylation sites is 1. The van der Waals surface area contributed by atoms with Gasteiger partial charge in [-0.2, -0.15) is 0 Å². The quantitative estimate of drug-likeness (QED) is 0.344. The molecule has 1 aliphatic heterocycles. The zero-order chi connectivity index (χ0) is 17.0. The van der Waals surface area contributed by atoms with Crippen molar-refractivity contribution in [2.75, 3.05) is 57.3 Å². The molecule has 2 N–H and O–H groups in total. The third kappa shape index (κ3) is 6.13. The van der Waals surface area contributed by atoms with Crippen LogP contribution in [-0.2, 0) is 0 Å². The minimum atomic E-state index is 0.507. The van der Waals surface area contributed by atoms with Gasteiger partial charge in [0.1, 0.15) is 0 Å². The Morgan fingerprint density at radius 1 is 1.17 bits per heavy atom. The molecule has 1 fully saturated rings.